The lowest BCUT2D eigenvalue weighted by Crippen LogP contribution is -2.64. The van der Waals surface area contributed by atoms with Gasteiger partial charge < -0.3 is 4.74 Å². The summed E-state index contributed by atoms with van der Waals surface area (Å²) in [5.74, 6) is 3.42. The predicted octanol–water partition coefficient (Wildman–Crippen LogP) is 2.91. The standard InChI is InChI=1S/C25H33N3O3/c1-31-21-4-2-20(3-5-21)28-23(29)13-22(24(28)30)26-6-8-27(9-7-26)25-14-17-10-18(15-25)12-19(11-17)16-25/h2-5,17-19,22H,6-16H2,1H3/t17?,18?,19?,22-,25?/m1/s1. The van der Waals surface area contributed by atoms with Crippen LogP contribution in [0.2, 0.25) is 0 Å². The second-order valence-corrected chi connectivity index (χ2v) is 10.7. The minimum absolute atomic E-state index is 0.0709. The van der Waals surface area contributed by atoms with E-state index in [0.29, 0.717) is 17.6 Å². The smallest absolute Gasteiger partial charge is 0.251 e. The maximum Gasteiger partial charge on any atom is 0.251 e. The molecule has 2 amide bonds. The minimum Gasteiger partial charge on any atom is -0.497 e. The molecule has 0 unspecified atom stereocenters. The molecule has 4 bridgehead atoms. The maximum absolute atomic E-state index is 13.2. The van der Waals surface area contributed by atoms with E-state index in [1.54, 1.807) is 31.4 Å². The average Bonchev–Trinajstić information content (AvgIpc) is 3.07. The van der Waals surface area contributed by atoms with Crippen LogP contribution in [0.3, 0.4) is 0 Å². The number of rotatable bonds is 4. The normalized spacial score (nSPS) is 38.3. The van der Waals surface area contributed by atoms with Crippen LogP contribution in [0.15, 0.2) is 24.3 Å². The highest BCUT2D eigenvalue weighted by atomic mass is 16.5. The summed E-state index contributed by atoms with van der Waals surface area (Å²) in [5, 5.41) is 0. The monoisotopic (exact) mass is 423 g/mol. The molecule has 4 saturated carbocycles. The molecule has 6 aliphatic rings. The lowest BCUT2D eigenvalue weighted by Gasteiger charge is -2.61. The third kappa shape index (κ3) is 3.21. The molecule has 31 heavy (non-hydrogen) atoms. The summed E-state index contributed by atoms with van der Waals surface area (Å²) in [6, 6.07) is 6.87. The summed E-state index contributed by atoms with van der Waals surface area (Å²) in [7, 11) is 1.61. The van der Waals surface area contributed by atoms with Crippen LogP contribution in [0.5, 0.6) is 5.75 Å². The highest BCUT2D eigenvalue weighted by molar-refractivity contribution is 6.22. The Balaban J connectivity index is 1.12. The number of benzene rings is 1. The molecule has 2 heterocycles. The van der Waals surface area contributed by atoms with Gasteiger partial charge in [-0.1, -0.05) is 0 Å². The number of carbonyl (C=O) groups is 2. The molecule has 2 aliphatic heterocycles. The first-order valence-corrected chi connectivity index (χ1v) is 12.0. The number of anilines is 1. The number of carbonyl (C=O) groups excluding carboxylic acids is 2. The summed E-state index contributed by atoms with van der Waals surface area (Å²) in [6.45, 7) is 3.85. The van der Waals surface area contributed by atoms with Crippen molar-refractivity contribution in [3.63, 3.8) is 0 Å². The van der Waals surface area contributed by atoms with Crippen molar-refractivity contribution in [3.8, 4) is 5.75 Å². The van der Waals surface area contributed by atoms with Crippen molar-refractivity contribution in [2.24, 2.45) is 17.8 Å². The van der Waals surface area contributed by atoms with Gasteiger partial charge in [-0.3, -0.25) is 19.4 Å². The van der Waals surface area contributed by atoms with E-state index in [0.717, 1.165) is 49.7 Å². The van der Waals surface area contributed by atoms with Crippen LogP contribution in [0.25, 0.3) is 0 Å². The largest absolute Gasteiger partial charge is 0.497 e. The number of amides is 2. The summed E-state index contributed by atoms with van der Waals surface area (Å²) < 4.78 is 5.20. The summed E-state index contributed by atoms with van der Waals surface area (Å²) in [6.07, 6.45) is 8.89. The lowest BCUT2D eigenvalue weighted by molar-refractivity contribution is -0.125. The van der Waals surface area contributed by atoms with Crippen molar-refractivity contribution in [1.82, 2.24) is 9.80 Å². The van der Waals surface area contributed by atoms with Gasteiger partial charge in [0, 0.05) is 31.7 Å². The van der Waals surface area contributed by atoms with E-state index >= 15 is 0 Å². The van der Waals surface area contributed by atoms with Crippen molar-refractivity contribution in [1.29, 1.82) is 0 Å². The van der Waals surface area contributed by atoms with Crippen LogP contribution in [0.4, 0.5) is 5.69 Å². The maximum atomic E-state index is 13.2. The third-order valence-electron chi connectivity index (χ3n) is 8.89. The highest BCUT2D eigenvalue weighted by Crippen LogP contribution is 2.57. The molecule has 7 rings (SSSR count). The number of ether oxygens (including phenoxy) is 1. The summed E-state index contributed by atoms with van der Waals surface area (Å²) in [5.41, 5.74) is 1.08. The molecule has 0 aromatic heterocycles. The predicted molar refractivity (Wildman–Crippen MR) is 118 cm³/mol. The Morgan fingerprint density at radius 2 is 1.45 bits per heavy atom. The van der Waals surface area contributed by atoms with Crippen LogP contribution in [-0.2, 0) is 9.59 Å². The van der Waals surface area contributed by atoms with E-state index in [4.69, 9.17) is 4.74 Å². The summed E-state index contributed by atoms with van der Waals surface area (Å²) in [4.78, 5) is 32.3. The fourth-order valence-electron chi connectivity index (χ4n) is 7.86. The number of piperazine rings is 1. The van der Waals surface area contributed by atoms with Gasteiger partial charge in [0.25, 0.3) is 5.91 Å². The minimum atomic E-state index is -0.312. The fraction of sp³-hybridized carbons (Fsp3) is 0.680. The molecule has 1 aromatic rings. The van der Waals surface area contributed by atoms with Gasteiger partial charge in [-0.05, 0) is 80.5 Å². The van der Waals surface area contributed by atoms with Crippen molar-refractivity contribution in [3.05, 3.63) is 24.3 Å². The van der Waals surface area contributed by atoms with Crippen molar-refractivity contribution < 1.29 is 14.3 Å². The Morgan fingerprint density at radius 3 is 2.00 bits per heavy atom. The van der Waals surface area contributed by atoms with Gasteiger partial charge in [0.1, 0.15) is 5.75 Å². The SMILES string of the molecule is COc1ccc(N2C(=O)C[C@@H](N3CCN(C45CC6CC(CC(C6)C4)C5)CC3)C2=O)cc1. The molecule has 0 N–H and O–H groups in total. The molecule has 1 atom stereocenters. The topological polar surface area (TPSA) is 53.1 Å². The first-order chi connectivity index (χ1) is 15.0. The first-order valence-electron chi connectivity index (χ1n) is 12.0. The third-order valence-corrected chi connectivity index (χ3v) is 8.89. The zero-order chi connectivity index (χ0) is 21.2. The van der Waals surface area contributed by atoms with Crippen molar-refractivity contribution >= 4 is 17.5 Å². The molecular formula is C25H33N3O3. The van der Waals surface area contributed by atoms with Gasteiger partial charge in [-0.15, -0.1) is 0 Å². The fourth-order valence-corrected chi connectivity index (χ4v) is 7.86. The Labute approximate surface area is 184 Å². The second kappa shape index (κ2) is 7.31. The molecule has 1 aromatic carbocycles. The zero-order valence-electron chi connectivity index (χ0n) is 18.5. The van der Waals surface area contributed by atoms with E-state index in [-0.39, 0.29) is 17.9 Å². The molecule has 0 spiro atoms. The van der Waals surface area contributed by atoms with Gasteiger partial charge in [-0.25, -0.2) is 4.90 Å². The zero-order valence-corrected chi connectivity index (χ0v) is 18.5. The Morgan fingerprint density at radius 1 is 0.871 bits per heavy atom. The van der Waals surface area contributed by atoms with Crippen LogP contribution >= 0.6 is 0 Å². The van der Waals surface area contributed by atoms with Gasteiger partial charge in [0.15, 0.2) is 0 Å². The molecule has 6 nitrogen and oxygen atoms in total. The summed E-state index contributed by atoms with van der Waals surface area (Å²) >= 11 is 0. The lowest BCUT2D eigenvalue weighted by atomic mass is 9.52. The molecule has 6 fully saturated rings. The van der Waals surface area contributed by atoms with E-state index in [1.807, 2.05) is 0 Å². The van der Waals surface area contributed by atoms with Crippen molar-refractivity contribution in [2.45, 2.75) is 56.5 Å². The Bertz CT molecular complexity index is 839. The van der Waals surface area contributed by atoms with Gasteiger partial charge in [0.05, 0.1) is 25.3 Å². The Hall–Kier alpha value is -1.92. The first kappa shape index (κ1) is 19.7. The van der Waals surface area contributed by atoms with Crippen LogP contribution in [0.1, 0.15) is 44.9 Å². The number of hydrogen-bond donors (Lipinski definition) is 0. The van der Waals surface area contributed by atoms with E-state index in [1.165, 1.54) is 43.4 Å². The van der Waals surface area contributed by atoms with Crippen molar-refractivity contribution in [2.75, 3.05) is 38.2 Å². The van der Waals surface area contributed by atoms with Crippen LogP contribution in [-0.4, -0.2) is 66.5 Å². The van der Waals surface area contributed by atoms with Gasteiger partial charge >= 0.3 is 0 Å². The van der Waals surface area contributed by atoms with Gasteiger partial charge in [0.2, 0.25) is 5.91 Å². The number of imide groups is 1. The quantitative estimate of drug-likeness (QED) is 0.697. The molecule has 4 aliphatic carbocycles. The molecule has 2 saturated heterocycles. The molecule has 0 radical (unpaired) electrons. The van der Waals surface area contributed by atoms with Crippen LogP contribution < -0.4 is 9.64 Å². The highest BCUT2D eigenvalue weighted by Gasteiger charge is 2.54. The van der Waals surface area contributed by atoms with E-state index in [9.17, 15) is 9.59 Å². The number of nitrogens with zero attached hydrogens (tertiary/aromatic N) is 3. The number of hydrogen-bond acceptors (Lipinski definition) is 5. The van der Waals surface area contributed by atoms with Gasteiger partial charge in [-0.2, -0.15) is 0 Å². The van der Waals surface area contributed by atoms with E-state index in [2.05, 4.69) is 9.80 Å². The molecule has 6 heteroatoms. The van der Waals surface area contributed by atoms with E-state index < -0.39 is 0 Å². The molecule has 166 valence electrons. The second-order valence-electron chi connectivity index (χ2n) is 10.7. The van der Waals surface area contributed by atoms with Crippen LogP contribution in [0, 0.1) is 17.8 Å². The molecular weight excluding hydrogens is 390 g/mol. The Kier molecular flexibility index (Phi) is 4.65. The number of methoxy groups -OCH3 is 1. The average molecular weight is 424 g/mol.